The van der Waals surface area contributed by atoms with Crippen LogP contribution in [0.15, 0.2) is 59.0 Å². The first-order valence-corrected chi connectivity index (χ1v) is 12.7. The number of amides is 3. The molecule has 0 atom stereocenters. The fourth-order valence-electron chi connectivity index (χ4n) is 4.22. The van der Waals surface area contributed by atoms with Crippen molar-refractivity contribution < 1.29 is 28.2 Å². The van der Waals surface area contributed by atoms with Gasteiger partial charge in [-0.15, -0.1) is 0 Å². The van der Waals surface area contributed by atoms with E-state index in [0.717, 1.165) is 24.2 Å². The molecule has 1 aliphatic carbocycles. The Morgan fingerprint density at radius 2 is 1.68 bits per heavy atom. The van der Waals surface area contributed by atoms with Crippen molar-refractivity contribution in [3.8, 4) is 17.2 Å². The van der Waals surface area contributed by atoms with Crippen LogP contribution in [0.2, 0.25) is 0 Å². The van der Waals surface area contributed by atoms with Gasteiger partial charge in [-0.05, 0) is 80.3 Å². The van der Waals surface area contributed by atoms with E-state index in [1.54, 1.807) is 55.4 Å². The molecule has 9 nitrogen and oxygen atoms in total. The molecule has 1 saturated carbocycles. The third-order valence-electron chi connectivity index (χ3n) is 6.51. The number of nitrogens with zero attached hydrogens (tertiary/aromatic N) is 2. The molecule has 0 spiro atoms. The van der Waals surface area contributed by atoms with Crippen LogP contribution in [0.4, 0.5) is 10.5 Å². The number of hydrogen-bond acceptors (Lipinski definition) is 6. The van der Waals surface area contributed by atoms with Crippen molar-refractivity contribution in [3.05, 3.63) is 71.7 Å². The number of aryl methyl sites for hydroxylation is 1. The van der Waals surface area contributed by atoms with E-state index in [1.165, 1.54) is 0 Å². The highest BCUT2D eigenvalue weighted by molar-refractivity contribution is 5.92. The summed E-state index contributed by atoms with van der Waals surface area (Å²) in [6, 6.07) is 16.4. The largest absolute Gasteiger partial charge is 0.497 e. The number of hydrogen-bond donors (Lipinski definition) is 1. The zero-order valence-electron chi connectivity index (χ0n) is 22.4. The Morgan fingerprint density at radius 1 is 0.947 bits per heavy atom. The summed E-state index contributed by atoms with van der Waals surface area (Å²) >= 11 is 0. The predicted molar refractivity (Wildman–Crippen MR) is 144 cm³/mol. The Morgan fingerprint density at radius 3 is 2.29 bits per heavy atom. The minimum atomic E-state index is -0.292. The Labute approximate surface area is 223 Å². The second-order valence-corrected chi connectivity index (χ2v) is 9.28. The van der Waals surface area contributed by atoms with Gasteiger partial charge in [-0.2, -0.15) is 0 Å². The highest BCUT2D eigenvalue weighted by Gasteiger charge is 2.35. The van der Waals surface area contributed by atoms with E-state index in [0.29, 0.717) is 48.2 Å². The average molecular weight is 522 g/mol. The molecule has 38 heavy (non-hydrogen) atoms. The van der Waals surface area contributed by atoms with E-state index in [4.69, 9.17) is 18.6 Å². The Kier molecular flexibility index (Phi) is 8.78. The maximum absolute atomic E-state index is 13.6. The summed E-state index contributed by atoms with van der Waals surface area (Å²) in [6.45, 7) is 2.63. The molecule has 4 rings (SSSR count). The lowest BCUT2D eigenvalue weighted by atomic mass is 10.1. The maximum Gasteiger partial charge on any atom is 0.322 e. The zero-order valence-corrected chi connectivity index (χ0v) is 22.4. The smallest absolute Gasteiger partial charge is 0.322 e. The third kappa shape index (κ3) is 7.00. The van der Waals surface area contributed by atoms with Crippen molar-refractivity contribution in [3.63, 3.8) is 0 Å². The summed E-state index contributed by atoms with van der Waals surface area (Å²) in [4.78, 5) is 30.1. The Bertz CT molecular complexity index is 1240. The van der Waals surface area contributed by atoms with Crippen LogP contribution in [0, 0.1) is 6.92 Å². The van der Waals surface area contributed by atoms with E-state index in [1.807, 2.05) is 37.3 Å². The lowest BCUT2D eigenvalue weighted by Gasteiger charge is -2.27. The number of carbonyl (C=O) groups is 2. The van der Waals surface area contributed by atoms with Crippen LogP contribution in [-0.2, 0) is 17.8 Å². The minimum absolute atomic E-state index is 0.0156. The first-order valence-electron chi connectivity index (χ1n) is 12.7. The Balaban J connectivity index is 1.46. The van der Waals surface area contributed by atoms with Crippen molar-refractivity contribution in [1.82, 2.24) is 9.80 Å². The molecule has 1 N–H and O–H groups in total. The average Bonchev–Trinajstić information content (AvgIpc) is 3.69. The molecular formula is C29H35N3O6. The summed E-state index contributed by atoms with van der Waals surface area (Å²) in [5, 5.41) is 2.91. The van der Waals surface area contributed by atoms with Crippen LogP contribution < -0.4 is 19.5 Å². The van der Waals surface area contributed by atoms with E-state index < -0.39 is 0 Å². The van der Waals surface area contributed by atoms with Gasteiger partial charge >= 0.3 is 6.03 Å². The first kappa shape index (κ1) is 26.9. The van der Waals surface area contributed by atoms with Gasteiger partial charge in [0.05, 0.1) is 27.9 Å². The van der Waals surface area contributed by atoms with Crippen molar-refractivity contribution >= 4 is 17.6 Å². The number of ether oxygens (including phenoxy) is 3. The van der Waals surface area contributed by atoms with E-state index >= 15 is 0 Å². The van der Waals surface area contributed by atoms with Gasteiger partial charge in [-0.3, -0.25) is 4.79 Å². The summed E-state index contributed by atoms with van der Waals surface area (Å²) in [5.74, 6) is 3.33. The highest BCUT2D eigenvalue weighted by atomic mass is 16.5. The third-order valence-corrected chi connectivity index (χ3v) is 6.51. The molecule has 0 aliphatic heterocycles. The summed E-state index contributed by atoms with van der Waals surface area (Å²) in [7, 11) is 4.79. The fraction of sp³-hybridized carbons (Fsp3) is 0.379. The molecule has 3 aromatic rings. The number of benzene rings is 2. The number of rotatable bonds is 12. The zero-order chi connectivity index (χ0) is 27.1. The number of carbonyl (C=O) groups excluding carboxylic acids is 2. The number of furan rings is 1. The van der Waals surface area contributed by atoms with E-state index in [9.17, 15) is 9.59 Å². The fourth-order valence-corrected chi connectivity index (χ4v) is 4.22. The van der Waals surface area contributed by atoms with Crippen LogP contribution in [0.5, 0.6) is 17.2 Å². The van der Waals surface area contributed by atoms with Crippen LogP contribution in [-0.4, -0.2) is 62.2 Å². The standard InChI is InChI=1S/C29H35N3O6/c1-20-5-11-25(38-20)18-31(16-15-21-6-14-26(36-3)27(17-21)37-4)28(33)19-32(23-9-10-23)29(34)30-22-7-12-24(35-2)13-8-22/h5-8,11-14,17,23H,9-10,15-16,18-19H2,1-4H3,(H,30,34). The topological polar surface area (TPSA) is 93.5 Å². The molecule has 0 bridgehead atoms. The number of methoxy groups -OCH3 is 3. The van der Waals surface area contributed by atoms with Crippen molar-refractivity contribution in [1.29, 1.82) is 0 Å². The van der Waals surface area contributed by atoms with Crippen LogP contribution in [0.25, 0.3) is 0 Å². The molecule has 3 amide bonds. The normalized spacial score (nSPS) is 12.5. The minimum Gasteiger partial charge on any atom is -0.497 e. The molecule has 9 heteroatoms. The molecule has 1 heterocycles. The first-order chi connectivity index (χ1) is 18.4. The number of urea groups is 1. The monoisotopic (exact) mass is 521 g/mol. The van der Waals surface area contributed by atoms with Gasteiger partial charge in [0.15, 0.2) is 11.5 Å². The van der Waals surface area contributed by atoms with Gasteiger partial charge in [0.25, 0.3) is 0 Å². The van der Waals surface area contributed by atoms with Crippen molar-refractivity contribution in [2.75, 3.05) is 39.7 Å². The summed E-state index contributed by atoms with van der Waals surface area (Å²) in [6.07, 6.45) is 2.37. The number of nitrogens with one attached hydrogen (secondary N) is 1. The van der Waals surface area contributed by atoms with Crippen LogP contribution in [0.3, 0.4) is 0 Å². The Hall–Kier alpha value is -4.14. The molecule has 202 valence electrons. The molecule has 0 unspecified atom stereocenters. The lowest BCUT2D eigenvalue weighted by Crippen LogP contribution is -2.45. The van der Waals surface area contributed by atoms with Crippen LogP contribution in [0.1, 0.15) is 29.9 Å². The summed E-state index contributed by atoms with van der Waals surface area (Å²) in [5.41, 5.74) is 1.65. The molecule has 0 saturated heterocycles. The van der Waals surface area contributed by atoms with Crippen molar-refractivity contribution in [2.24, 2.45) is 0 Å². The molecule has 0 radical (unpaired) electrons. The molecule has 1 fully saturated rings. The quantitative estimate of drug-likeness (QED) is 0.365. The van der Waals surface area contributed by atoms with E-state index in [2.05, 4.69) is 5.32 Å². The van der Waals surface area contributed by atoms with Crippen molar-refractivity contribution in [2.45, 2.75) is 38.8 Å². The highest BCUT2D eigenvalue weighted by Crippen LogP contribution is 2.29. The molecule has 1 aliphatic rings. The lowest BCUT2D eigenvalue weighted by molar-refractivity contribution is -0.132. The van der Waals surface area contributed by atoms with Gasteiger partial charge in [-0.25, -0.2) is 4.79 Å². The van der Waals surface area contributed by atoms with Gasteiger partial charge in [0.2, 0.25) is 5.91 Å². The second kappa shape index (κ2) is 12.4. The molecular weight excluding hydrogens is 486 g/mol. The second-order valence-electron chi connectivity index (χ2n) is 9.28. The van der Waals surface area contributed by atoms with Crippen LogP contribution >= 0.6 is 0 Å². The van der Waals surface area contributed by atoms with Gasteiger partial charge in [-0.1, -0.05) is 6.07 Å². The summed E-state index contributed by atoms with van der Waals surface area (Å²) < 4.78 is 21.7. The SMILES string of the molecule is COc1ccc(NC(=O)N(CC(=O)N(CCc2ccc(OC)c(OC)c2)Cc2ccc(C)o2)C2CC2)cc1. The van der Waals surface area contributed by atoms with Gasteiger partial charge in [0.1, 0.15) is 23.8 Å². The predicted octanol–water partition coefficient (Wildman–Crippen LogP) is 4.88. The maximum atomic E-state index is 13.6. The number of anilines is 1. The van der Waals surface area contributed by atoms with Gasteiger partial charge in [0, 0.05) is 18.3 Å². The molecule has 2 aromatic carbocycles. The van der Waals surface area contributed by atoms with E-state index in [-0.39, 0.29) is 24.5 Å². The van der Waals surface area contributed by atoms with Gasteiger partial charge < -0.3 is 33.7 Å². The molecule has 1 aromatic heterocycles.